The molecule has 1 N–H and O–H groups in total. The SMILES string of the molecule is C[C@H](O)[C@]1(C)C[C@H]1c1ccccc1. The highest BCUT2D eigenvalue weighted by atomic mass is 16.3. The van der Waals surface area contributed by atoms with Crippen molar-refractivity contribution in [3.05, 3.63) is 35.9 Å². The Bertz CT molecular complexity index is 291. The third-order valence-corrected chi connectivity index (χ3v) is 3.44. The first kappa shape index (κ1) is 8.76. The van der Waals surface area contributed by atoms with Crippen LogP contribution in [0.5, 0.6) is 0 Å². The maximum Gasteiger partial charge on any atom is 0.0571 e. The molecule has 3 atom stereocenters. The molecule has 0 heterocycles. The summed E-state index contributed by atoms with van der Waals surface area (Å²) in [5.74, 6) is 0.564. The van der Waals surface area contributed by atoms with Gasteiger partial charge in [-0.15, -0.1) is 0 Å². The van der Waals surface area contributed by atoms with Crippen molar-refractivity contribution in [3.8, 4) is 0 Å². The lowest BCUT2D eigenvalue weighted by Crippen LogP contribution is -2.15. The van der Waals surface area contributed by atoms with Gasteiger partial charge in [-0.25, -0.2) is 0 Å². The topological polar surface area (TPSA) is 20.2 Å². The van der Waals surface area contributed by atoms with Crippen molar-refractivity contribution in [2.45, 2.75) is 32.3 Å². The zero-order chi connectivity index (χ0) is 9.47. The number of hydrogen-bond donors (Lipinski definition) is 1. The minimum atomic E-state index is -0.197. The Hall–Kier alpha value is -0.820. The molecule has 1 saturated carbocycles. The van der Waals surface area contributed by atoms with E-state index >= 15 is 0 Å². The second-order valence-electron chi connectivity index (χ2n) is 4.35. The molecule has 1 heteroatoms. The monoisotopic (exact) mass is 176 g/mol. The van der Waals surface area contributed by atoms with E-state index < -0.39 is 0 Å². The highest BCUT2D eigenvalue weighted by Gasteiger charge is 2.53. The Morgan fingerprint density at radius 3 is 2.46 bits per heavy atom. The molecule has 13 heavy (non-hydrogen) atoms. The van der Waals surface area contributed by atoms with Crippen LogP contribution < -0.4 is 0 Å². The molecular weight excluding hydrogens is 160 g/mol. The molecule has 1 aliphatic carbocycles. The van der Waals surface area contributed by atoms with E-state index in [1.54, 1.807) is 0 Å². The fourth-order valence-corrected chi connectivity index (χ4v) is 2.03. The quantitative estimate of drug-likeness (QED) is 0.734. The lowest BCUT2D eigenvalue weighted by Gasteiger charge is -2.14. The zero-order valence-corrected chi connectivity index (χ0v) is 8.20. The summed E-state index contributed by atoms with van der Waals surface area (Å²) in [7, 11) is 0. The maximum absolute atomic E-state index is 9.58. The van der Waals surface area contributed by atoms with Gasteiger partial charge in [-0.3, -0.25) is 0 Å². The van der Waals surface area contributed by atoms with Crippen molar-refractivity contribution < 1.29 is 5.11 Å². The molecule has 0 aliphatic heterocycles. The molecule has 1 aromatic carbocycles. The summed E-state index contributed by atoms with van der Waals surface area (Å²) in [6, 6.07) is 10.5. The van der Waals surface area contributed by atoms with Crippen LogP contribution in [0.2, 0.25) is 0 Å². The molecule has 0 bridgehead atoms. The van der Waals surface area contributed by atoms with Crippen molar-refractivity contribution in [2.75, 3.05) is 0 Å². The van der Waals surface area contributed by atoms with E-state index in [0.717, 1.165) is 6.42 Å². The Labute approximate surface area is 79.4 Å². The average molecular weight is 176 g/mol. The Kier molecular flexibility index (Phi) is 1.92. The fourth-order valence-electron chi connectivity index (χ4n) is 2.03. The minimum absolute atomic E-state index is 0.126. The van der Waals surface area contributed by atoms with Crippen LogP contribution in [0.4, 0.5) is 0 Å². The molecule has 0 saturated heterocycles. The van der Waals surface area contributed by atoms with E-state index in [-0.39, 0.29) is 11.5 Å². The first-order valence-electron chi connectivity index (χ1n) is 4.87. The molecule has 1 nitrogen and oxygen atoms in total. The summed E-state index contributed by atoms with van der Waals surface area (Å²) in [6.45, 7) is 4.05. The molecular formula is C12H16O. The molecule has 0 spiro atoms. The lowest BCUT2D eigenvalue weighted by molar-refractivity contribution is 0.117. The Balaban J connectivity index is 2.16. The predicted octanol–water partition coefficient (Wildman–Crippen LogP) is 2.56. The van der Waals surface area contributed by atoms with Crippen molar-refractivity contribution in [2.24, 2.45) is 5.41 Å². The van der Waals surface area contributed by atoms with Gasteiger partial charge in [-0.05, 0) is 24.8 Å². The molecule has 0 radical (unpaired) electrons. The van der Waals surface area contributed by atoms with E-state index in [1.165, 1.54) is 5.56 Å². The Morgan fingerprint density at radius 2 is 2.00 bits per heavy atom. The second-order valence-corrected chi connectivity index (χ2v) is 4.35. The smallest absolute Gasteiger partial charge is 0.0571 e. The van der Waals surface area contributed by atoms with Gasteiger partial charge in [0.25, 0.3) is 0 Å². The number of rotatable bonds is 2. The van der Waals surface area contributed by atoms with Gasteiger partial charge in [0.15, 0.2) is 0 Å². The molecule has 1 fully saturated rings. The molecule has 1 aliphatic rings. The first-order chi connectivity index (χ1) is 6.14. The summed E-state index contributed by atoms with van der Waals surface area (Å²) in [4.78, 5) is 0. The van der Waals surface area contributed by atoms with Crippen LogP contribution in [0.25, 0.3) is 0 Å². The highest BCUT2D eigenvalue weighted by Crippen LogP contribution is 2.60. The van der Waals surface area contributed by atoms with E-state index in [1.807, 2.05) is 13.0 Å². The molecule has 70 valence electrons. The molecule has 2 rings (SSSR count). The average Bonchev–Trinajstić information content (AvgIpc) is 2.81. The third-order valence-electron chi connectivity index (χ3n) is 3.44. The van der Waals surface area contributed by atoms with Gasteiger partial charge in [0.2, 0.25) is 0 Å². The summed E-state index contributed by atoms with van der Waals surface area (Å²) >= 11 is 0. The van der Waals surface area contributed by atoms with Crippen LogP contribution in [-0.2, 0) is 0 Å². The van der Waals surface area contributed by atoms with E-state index in [9.17, 15) is 5.11 Å². The zero-order valence-electron chi connectivity index (χ0n) is 8.20. The largest absolute Gasteiger partial charge is 0.393 e. The van der Waals surface area contributed by atoms with Gasteiger partial charge in [-0.1, -0.05) is 37.3 Å². The van der Waals surface area contributed by atoms with Crippen molar-refractivity contribution in [3.63, 3.8) is 0 Å². The van der Waals surface area contributed by atoms with Crippen LogP contribution in [-0.4, -0.2) is 11.2 Å². The van der Waals surface area contributed by atoms with Crippen LogP contribution in [0.15, 0.2) is 30.3 Å². The van der Waals surface area contributed by atoms with Gasteiger partial charge in [0.1, 0.15) is 0 Å². The minimum Gasteiger partial charge on any atom is -0.393 e. The Morgan fingerprint density at radius 1 is 1.38 bits per heavy atom. The van der Waals surface area contributed by atoms with Crippen LogP contribution in [0, 0.1) is 5.41 Å². The normalized spacial score (nSPS) is 34.2. The third kappa shape index (κ3) is 1.37. The second kappa shape index (κ2) is 2.85. The highest BCUT2D eigenvalue weighted by molar-refractivity contribution is 5.29. The summed E-state index contributed by atoms with van der Waals surface area (Å²) in [5.41, 5.74) is 1.49. The van der Waals surface area contributed by atoms with Crippen LogP contribution in [0.1, 0.15) is 31.7 Å². The number of benzene rings is 1. The maximum atomic E-state index is 9.58. The molecule has 0 unspecified atom stereocenters. The lowest BCUT2D eigenvalue weighted by atomic mass is 9.96. The van der Waals surface area contributed by atoms with Crippen LogP contribution >= 0.6 is 0 Å². The fraction of sp³-hybridized carbons (Fsp3) is 0.500. The predicted molar refractivity (Wildman–Crippen MR) is 53.6 cm³/mol. The molecule has 1 aromatic rings. The number of aliphatic hydroxyl groups is 1. The number of hydrogen-bond acceptors (Lipinski definition) is 1. The van der Waals surface area contributed by atoms with Gasteiger partial charge in [0, 0.05) is 5.41 Å². The standard InChI is InChI=1S/C12H16O/c1-9(13)12(2)8-11(12)10-6-4-3-5-7-10/h3-7,9,11,13H,8H2,1-2H3/t9-,11-,12-/m0/s1. The summed E-state index contributed by atoms with van der Waals surface area (Å²) in [6.07, 6.45) is 0.923. The van der Waals surface area contributed by atoms with Crippen LogP contribution in [0.3, 0.4) is 0 Å². The van der Waals surface area contributed by atoms with Crippen molar-refractivity contribution in [1.82, 2.24) is 0 Å². The molecule has 0 aromatic heterocycles. The first-order valence-corrected chi connectivity index (χ1v) is 4.87. The van der Waals surface area contributed by atoms with Gasteiger partial charge >= 0.3 is 0 Å². The van der Waals surface area contributed by atoms with E-state index in [2.05, 4.69) is 31.2 Å². The van der Waals surface area contributed by atoms with E-state index in [4.69, 9.17) is 0 Å². The van der Waals surface area contributed by atoms with Gasteiger partial charge < -0.3 is 5.11 Å². The van der Waals surface area contributed by atoms with Gasteiger partial charge in [-0.2, -0.15) is 0 Å². The van der Waals surface area contributed by atoms with Crippen molar-refractivity contribution in [1.29, 1.82) is 0 Å². The molecule has 0 amide bonds. The number of aliphatic hydroxyl groups excluding tert-OH is 1. The van der Waals surface area contributed by atoms with Gasteiger partial charge in [0.05, 0.1) is 6.10 Å². The summed E-state index contributed by atoms with van der Waals surface area (Å²) in [5, 5.41) is 9.58. The van der Waals surface area contributed by atoms with E-state index in [0.29, 0.717) is 5.92 Å². The van der Waals surface area contributed by atoms with Crippen molar-refractivity contribution >= 4 is 0 Å². The summed E-state index contributed by atoms with van der Waals surface area (Å²) < 4.78 is 0.